The van der Waals surface area contributed by atoms with Crippen LogP contribution < -0.4 is 4.74 Å². The molecule has 0 heterocycles. The smallest absolute Gasteiger partial charge is 0.276 e. The van der Waals surface area contributed by atoms with Gasteiger partial charge in [-0.1, -0.05) is 61.5 Å². The van der Waals surface area contributed by atoms with Crippen LogP contribution in [0.3, 0.4) is 0 Å². The minimum Gasteiger partial charge on any atom is -0.488 e. The van der Waals surface area contributed by atoms with Crippen molar-refractivity contribution in [1.29, 1.82) is 0 Å². The monoisotopic (exact) mass is 307 g/mol. The zero-order valence-electron chi connectivity index (χ0n) is 12.9. The highest BCUT2D eigenvalue weighted by Crippen LogP contribution is 2.36. The van der Waals surface area contributed by atoms with Gasteiger partial charge in [0.15, 0.2) is 0 Å². The third-order valence-corrected chi connectivity index (χ3v) is 3.88. The van der Waals surface area contributed by atoms with E-state index in [0.717, 1.165) is 21.9 Å². The molecule has 3 aromatic rings. The Labute approximate surface area is 134 Å². The summed E-state index contributed by atoms with van der Waals surface area (Å²) in [7, 11) is 0. The van der Waals surface area contributed by atoms with Gasteiger partial charge in [-0.3, -0.25) is 10.1 Å². The van der Waals surface area contributed by atoms with Gasteiger partial charge in [0.1, 0.15) is 12.4 Å². The lowest BCUT2D eigenvalue weighted by Gasteiger charge is -2.12. The van der Waals surface area contributed by atoms with E-state index < -0.39 is 0 Å². The Morgan fingerprint density at radius 3 is 2.30 bits per heavy atom. The number of nitrogens with zero attached hydrogens (tertiary/aromatic N) is 1. The molecule has 0 N–H and O–H groups in total. The molecule has 0 aliphatic heterocycles. The molecule has 3 rings (SSSR count). The number of benzene rings is 3. The second-order valence-corrected chi connectivity index (χ2v) is 5.30. The molecule has 0 unspecified atom stereocenters. The molecule has 0 atom stereocenters. The van der Waals surface area contributed by atoms with E-state index in [2.05, 4.69) is 0 Å². The Morgan fingerprint density at radius 2 is 1.65 bits per heavy atom. The van der Waals surface area contributed by atoms with E-state index in [9.17, 15) is 10.1 Å². The summed E-state index contributed by atoms with van der Waals surface area (Å²) in [5, 5.41) is 13.2. The summed E-state index contributed by atoms with van der Waals surface area (Å²) in [6, 6.07) is 19.0. The standard InChI is InChI=1S/C19H17NO3/c1-2-15-16-10-6-7-11-17(16)19(12-18(15)20(21)22)23-13-14-8-4-3-5-9-14/h3-12H,2,13H2,1H3. The van der Waals surface area contributed by atoms with Crippen LogP contribution in [0.1, 0.15) is 18.1 Å². The second-order valence-electron chi connectivity index (χ2n) is 5.30. The van der Waals surface area contributed by atoms with Crippen LogP contribution in [0.25, 0.3) is 10.8 Å². The number of aryl methyl sites for hydroxylation is 1. The van der Waals surface area contributed by atoms with Gasteiger partial charge in [0, 0.05) is 10.9 Å². The zero-order chi connectivity index (χ0) is 16.2. The molecule has 0 amide bonds. The van der Waals surface area contributed by atoms with E-state index >= 15 is 0 Å². The van der Waals surface area contributed by atoms with Gasteiger partial charge in [0.2, 0.25) is 0 Å². The van der Waals surface area contributed by atoms with Crippen LogP contribution in [0.5, 0.6) is 5.75 Å². The Hall–Kier alpha value is -2.88. The lowest BCUT2D eigenvalue weighted by atomic mass is 10.00. The molecule has 0 spiro atoms. The first-order valence-corrected chi connectivity index (χ1v) is 7.56. The van der Waals surface area contributed by atoms with Crippen molar-refractivity contribution in [3.8, 4) is 5.75 Å². The van der Waals surface area contributed by atoms with Crippen molar-refractivity contribution >= 4 is 16.5 Å². The second kappa shape index (κ2) is 6.48. The molecule has 0 saturated heterocycles. The van der Waals surface area contributed by atoms with Crippen molar-refractivity contribution < 1.29 is 9.66 Å². The summed E-state index contributed by atoms with van der Waals surface area (Å²) >= 11 is 0. The van der Waals surface area contributed by atoms with Crippen LogP contribution in [-0.2, 0) is 13.0 Å². The first kappa shape index (κ1) is 15.0. The molecule has 4 nitrogen and oxygen atoms in total. The van der Waals surface area contributed by atoms with Gasteiger partial charge in [-0.05, 0) is 17.4 Å². The molecule has 4 heteroatoms. The van der Waals surface area contributed by atoms with Crippen LogP contribution in [0.15, 0.2) is 60.7 Å². The van der Waals surface area contributed by atoms with Gasteiger partial charge in [0.05, 0.1) is 11.0 Å². The van der Waals surface area contributed by atoms with Gasteiger partial charge in [-0.15, -0.1) is 0 Å². The van der Waals surface area contributed by atoms with Crippen LogP contribution in [0, 0.1) is 10.1 Å². The summed E-state index contributed by atoms with van der Waals surface area (Å²) < 4.78 is 5.89. The summed E-state index contributed by atoms with van der Waals surface area (Å²) in [6.07, 6.45) is 0.607. The van der Waals surface area contributed by atoms with E-state index in [-0.39, 0.29) is 10.6 Å². The van der Waals surface area contributed by atoms with E-state index in [1.807, 2.05) is 61.5 Å². The molecular formula is C19H17NO3. The van der Waals surface area contributed by atoms with E-state index in [4.69, 9.17) is 4.74 Å². The largest absolute Gasteiger partial charge is 0.488 e. The predicted molar refractivity (Wildman–Crippen MR) is 90.8 cm³/mol. The molecule has 3 aromatic carbocycles. The summed E-state index contributed by atoms with van der Waals surface area (Å²) in [6.45, 7) is 2.31. The van der Waals surface area contributed by atoms with E-state index in [0.29, 0.717) is 18.8 Å². The highest BCUT2D eigenvalue weighted by Gasteiger charge is 2.19. The molecule has 0 bridgehead atoms. The normalized spacial score (nSPS) is 10.7. The molecular weight excluding hydrogens is 290 g/mol. The third kappa shape index (κ3) is 3.01. The number of ether oxygens (including phenoxy) is 1. The number of hydrogen-bond donors (Lipinski definition) is 0. The van der Waals surface area contributed by atoms with Crippen LogP contribution in [0.4, 0.5) is 5.69 Å². The number of fused-ring (bicyclic) bond motifs is 1. The molecule has 0 saturated carbocycles. The molecule has 116 valence electrons. The lowest BCUT2D eigenvalue weighted by molar-refractivity contribution is -0.385. The number of nitro benzene ring substituents is 1. The highest BCUT2D eigenvalue weighted by molar-refractivity contribution is 5.94. The minimum absolute atomic E-state index is 0.120. The third-order valence-electron chi connectivity index (χ3n) is 3.88. The van der Waals surface area contributed by atoms with Crippen LogP contribution >= 0.6 is 0 Å². The maximum atomic E-state index is 11.4. The first-order valence-electron chi connectivity index (χ1n) is 7.56. The van der Waals surface area contributed by atoms with Crippen molar-refractivity contribution in [1.82, 2.24) is 0 Å². The molecule has 23 heavy (non-hydrogen) atoms. The zero-order valence-corrected chi connectivity index (χ0v) is 12.9. The van der Waals surface area contributed by atoms with Gasteiger partial charge < -0.3 is 4.74 Å². The number of hydrogen-bond acceptors (Lipinski definition) is 3. The predicted octanol–water partition coefficient (Wildman–Crippen LogP) is 4.89. The quantitative estimate of drug-likeness (QED) is 0.498. The van der Waals surface area contributed by atoms with Gasteiger partial charge in [-0.2, -0.15) is 0 Å². The highest BCUT2D eigenvalue weighted by atomic mass is 16.6. The van der Waals surface area contributed by atoms with Gasteiger partial charge >= 0.3 is 0 Å². The first-order chi connectivity index (χ1) is 11.2. The Morgan fingerprint density at radius 1 is 1.00 bits per heavy atom. The van der Waals surface area contributed by atoms with E-state index in [1.165, 1.54) is 0 Å². The summed E-state index contributed by atoms with van der Waals surface area (Å²) in [5.74, 6) is 0.549. The molecule has 0 aliphatic carbocycles. The summed E-state index contributed by atoms with van der Waals surface area (Å²) in [5.41, 5.74) is 1.89. The number of rotatable bonds is 5. The Balaban J connectivity index is 2.07. The maximum Gasteiger partial charge on any atom is 0.276 e. The van der Waals surface area contributed by atoms with Crippen molar-refractivity contribution in [2.75, 3.05) is 0 Å². The van der Waals surface area contributed by atoms with Gasteiger partial charge in [0.25, 0.3) is 5.69 Å². The Bertz CT molecular complexity index is 844. The average Bonchev–Trinajstić information content (AvgIpc) is 2.59. The molecule has 0 fully saturated rings. The van der Waals surface area contributed by atoms with Crippen molar-refractivity contribution in [2.24, 2.45) is 0 Å². The minimum atomic E-state index is -0.333. The SMILES string of the molecule is CCc1c([N+](=O)[O-])cc(OCc2ccccc2)c2ccccc12. The fraction of sp³-hybridized carbons (Fsp3) is 0.158. The van der Waals surface area contributed by atoms with Gasteiger partial charge in [-0.25, -0.2) is 0 Å². The Kier molecular flexibility index (Phi) is 4.24. The van der Waals surface area contributed by atoms with Crippen LogP contribution in [-0.4, -0.2) is 4.92 Å². The lowest BCUT2D eigenvalue weighted by Crippen LogP contribution is -2.00. The van der Waals surface area contributed by atoms with E-state index in [1.54, 1.807) is 6.07 Å². The fourth-order valence-corrected chi connectivity index (χ4v) is 2.78. The number of nitro groups is 1. The molecule has 0 aromatic heterocycles. The average molecular weight is 307 g/mol. The maximum absolute atomic E-state index is 11.4. The van der Waals surface area contributed by atoms with Crippen molar-refractivity contribution in [3.63, 3.8) is 0 Å². The van der Waals surface area contributed by atoms with Crippen LogP contribution in [0.2, 0.25) is 0 Å². The van der Waals surface area contributed by atoms with Crippen molar-refractivity contribution in [3.05, 3.63) is 81.9 Å². The van der Waals surface area contributed by atoms with Crippen molar-refractivity contribution in [2.45, 2.75) is 20.0 Å². The fourth-order valence-electron chi connectivity index (χ4n) is 2.78. The topological polar surface area (TPSA) is 52.4 Å². The molecule has 0 radical (unpaired) electrons. The summed E-state index contributed by atoms with van der Waals surface area (Å²) in [4.78, 5) is 11.1. The molecule has 0 aliphatic rings.